The molecule has 0 saturated carbocycles. The largest absolute Gasteiger partial charge is 0.372 e. The molecule has 0 aliphatic carbocycles. The van der Waals surface area contributed by atoms with Gasteiger partial charge < -0.3 is 4.74 Å². The van der Waals surface area contributed by atoms with Gasteiger partial charge in [0, 0.05) is 4.70 Å². The van der Waals surface area contributed by atoms with Crippen molar-refractivity contribution in [2.45, 2.75) is 18.6 Å². The number of benzene rings is 2. The first kappa shape index (κ1) is 12.4. The van der Waals surface area contributed by atoms with Gasteiger partial charge in [0.05, 0.1) is 18.6 Å². The molecule has 1 aliphatic rings. The molecule has 3 heteroatoms. The lowest BCUT2D eigenvalue weighted by molar-refractivity contribution is 0.134. The predicted molar refractivity (Wildman–Crippen MR) is 84.5 cm³/mol. The summed E-state index contributed by atoms with van der Waals surface area (Å²) in [5.41, 5.74) is 4.91. The van der Waals surface area contributed by atoms with Crippen molar-refractivity contribution in [3.05, 3.63) is 70.1 Å². The maximum Gasteiger partial charge on any atom is 0.0849 e. The molecular weight excluding hydrogens is 288 g/mol. The highest BCUT2D eigenvalue weighted by atomic mass is 35.5. The molecule has 1 aliphatic heterocycles. The highest BCUT2D eigenvalue weighted by Gasteiger charge is 2.18. The van der Waals surface area contributed by atoms with Crippen molar-refractivity contribution in [2.75, 3.05) is 0 Å². The quantitative estimate of drug-likeness (QED) is 0.587. The van der Waals surface area contributed by atoms with Gasteiger partial charge in [0.2, 0.25) is 0 Å². The Morgan fingerprint density at radius 1 is 1.05 bits per heavy atom. The molecule has 0 radical (unpaired) electrons. The van der Waals surface area contributed by atoms with Crippen molar-refractivity contribution < 1.29 is 4.74 Å². The summed E-state index contributed by atoms with van der Waals surface area (Å²) < 4.78 is 6.76. The van der Waals surface area contributed by atoms with Crippen LogP contribution in [0.2, 0.25) is 0 Å². The summed E-state index contributed by atoms with van der Waals surface area (Å²) in [5.74, 6) is 0. The SMILES string of the molecule is ClC(c1ccc2c(c1)COC2)c1csc2ccccc12. The summed E-state index contributed by atoms with van der Waals surface area (Å²) in [6.45, 7) is 1.43. The minimum Gasteiger partial charge on any atom is -0.372 e. The number of fused-ring (bicyclic) bond motifs is 2. The smallest absolute Gasteiger partial charge is 0.0849 e. The first-order valence-corrected chi connectivity index (χ1v) is 7.94. The Bertz CT molecular complexity index is 778. The minimum atomic E-state index is -0.1000. The van der Waals surface area contributed by atoms with E-state index in [4.69, 9.17) is 16.3 Å². The number of halogens is 1. The van der Waals surface area contributed by atoms with Crippen LogP contribution in [0.3, 0.4) is 0 Å². The normalized spacial score (nSPS) is 15.4. The molecule has 100 valence electrons. The number of hydrogen-bond donors (Lipinski definition) is 0. The average Bonchev–Trinajstić information content (AvgIpc) is 3.12. The van der Waals surface area contributed by atoms with Crippen LogP contribution in [-0.4, -0.2) is 0 Å². The van der Waals surface area contributed by atoms with Gasteiger partial charge in [-0.3, -0.25) is 0 Å². The standard InChI is InChI=1S/C17H13ClOS/c18-17(11-5-6-12-8-19-9-13(12)7-11)15-10-20-16-4-2-1-3-14(15)16/h1-7,10,17H,8-9H2. The molecule has 0 saturated heterocycles. The first-order chi connectivity index (χ1) is 9.83. The molecule has 2 heterocycles. The molecule has 3 aromatic rings. The van der Waals surface area contributed by atoms with Gasteiger partial charge in [0.15, 0.2) is 0 Å². The van der Waals surface area contributed by atoms with Crippen LogP contribution in [-0.2, 0) is 18.0 Å². The van der Waals surface area contributed by atoms with E-state index in [0.29, 0.717) is 6.61 Å². The van der Waals surface area contributed by atoms with Crippen molar-refractivity contribution in [3.63, 3.8) is 0 Å². The Hall–Kier alpha value is -1.35. The van der Waals surface area contributed by atoms with E-state index in [-0.39, 0.29) is 5.38 Å². The van der Waals surface area contributed by atoms with Crippen LogP contribution in [0.5, 0.6) is 0 Å². The third-order valence-corrected chi connectivity index (χ3v) is 5.29. The van der Waals surface area contributed by atoms with Gasteiger partial charge in [-0.1, -0.05) is 36.4 Å². The maximum atomic E-state index is 6.72. The zero-order valence-corrected chi connectivity index (χ0v) is 12.4. The third-order valence-electron chi connectivity index (χ3n) is 3.82. The Balaban J connectivity index is 1.78. The molecule has 0 amide bonds. The number of alkyl halides is 1. The molecule has 0 spiro atoms. The van der Waals surface area contributed by atoms with Gasteiger partial charge in [-0.15, -0.1) is 22.9 Å². The molecular formula is C17H13ClOS. The van der Waals surface area contributed by atoms with Crippen LogP contribution in [0.4, 0.5) is 0 Å². The number of rotatable bonds is 2. The van der Waals surface area contributed by atoms with E-state index in [1.807, 2.05) is 0 Å². The summed E-state index contributed by atoms with van der Waals surface area (Å²) in [6.07, 6.45) is 0. The molecule has 1 aromatic heterocycles. The molecule has 1 atom stereocenters. The topological polar surface area (TPSA) is 9.23 Å². The number of thiophene rings is 1. The fourth-order valence-electron chi connectivity index (χ4n) is 2.72. The zero-order valence-electron chi connectivity index (χ0n) is 10.8. The van der Waals surface area contributed by atoms with E-state index in [9.17, 15) is 0 Å². The monoisotopic (exact) mass is 300 g/mol. The van der Waals surface area contributed by atoms with Gasteiger partial charge in [0.25, 0.3) is 0 Å². The van der Waals surface area contributed by atoms with E-state index in [2.05, 4.69) is 47.8 Å². The lowest BCUT2D eigenvalue weighted by Crippen LogP contribution is -1.94. The van der Waals surface area contributed by atoms with E-state index in [1.165, 1.54) is 26.8 Å². The third kappa shape index (κ3) is 1.96. The summed E-state index contributed by atoms with van der Waals surface area (Å²) in [6, 6.07) is 14.9. The summed E-state index contributed by atoms with van der Waals surface area (Å²) in [4.78, 5) is 0. The molecule has 1 nitrogen and oxygen atoms in total. The molecule has 0 fully saturated rings. The highest BCUT2D eigenvalue weighted by molar-refractivity contribution is 7.17. The van der Waals surface area contributed by atoms with E-state index < -0.39 is 0 Å². The van der Waals surface area contributed by atoms with E-state index >= 15 is 0 Å². The fourth-order valence-corrected chi connectivity index (χ4v) is 4.10. The molecule has 0 N–H and O–H groups in total. The summed E-state index contributed by atoms with van der Waals surface area (Å²) in [7, 11) is 0. The minimum absolute atomic E-state index is 0.1000. The predicted octanol–water partition coefficient (Wildman–Crippen LogP) is 5.26. The van der Waals surface area contributed by atoms with Crippen molar-refractivity contribution in [2.24, 2.45) is 0 Å². The van der Waals surface area contributed by atoms with Gasteiger partial charge in [-0.2, -0.15) is 0 Å². The van der Waals surface area contributed by atoms with Crippen molar-refractivity contribution >= 4 is 33.0 Å². The van der Waals surface area contributed by atoms with Crippen molar-refractivity contribution in [1.82, 2.24) is 0 Å². The van der Waals surface area contributed by atoms with Gasteiger partial charge >= 0.3 is 0 Å². The summed E-state index contributed by atoms with van der Waals surface area (Å²) in [5, 5.41) is 3.33. The lowest BCUT2D eigenvalue weighted by Gasteiger charge is -2.11. The van der Waals surface area contributed by atoms with Gasteiger partial charge in [0.1, 0.15) is 0 Å². The van der Waals surface area contributed by atoms with Crippen LogP contribution in [0.25, 0.3) is 10.1 Å². The van der Waals surface area contributed by atoms with Crippen molar-refractivity contribution in [3.8, 4) is 0 Å². The van der Waals surface area contributed by atoms with Crippen LogP contribution in [0.15, 0.2) is 47.8 Å². The molecule has 0 bridgehead atoms. The van der Waals surface area contributed by atoms with Crippen LogP contribution < -0.4 is 0 Å². The Morgan fingerprint density at radius 3 is 2.85 bits per heavy atom. The Morgan fingerprint density at radius 2 is 1.90 bits per heavy atom. The molecule has 1 unspecified atom stereocenters. The van der Waals surface area contributed by atoms with Gasteiger partial charge in [-0.25, -0.2) is 0 Å². The number of hydrogen-bond acceptors (Lipinski definition) is 2. The lowest BCUT2D eigenvalue weighted by atomic mass is 10.00. The van der Waals surface area contributed by atoms with Gasteiger partial charge in [-0.05, 0) is 39.1 Å². The average molecular weight is 301 g/mol. The second-order valence-corrected chi connectivity index (χ2v) is 6.42. The van der Waals surface area contributed by atoms with E-state index in [0.717, 1.165) is 12.2 Å². The molecule has 4 rings (SSSR count). The fraction of sp³-hybridized carbons (Fsp3) is 0.176. The molecule has 20 heavy (non-hydrogen) atoms. The first-order valence-electron chi connectivity index (χ1n) is 6.62. The zero-order chi connectivity index (χ0) is 13.5. The second kappa shape index (κ2) is 4.88. The molecule has 2 aromatic carbocycles. The van der Waals surface area contributed by atoms with E-state index in [1.54, 1.807) is 11.3 Å². The Labute approximate surface area is 126 Å². The highest BCUT2D eigenvalue weighted by Crippen LogP contribution is 2.38. The van der Waals surface area contributed by atoms with Crippen LogP contribution in [0, 0.1) is 0 Å². The second-order valence-electron chi connectivity index (χ2n) is 5.07. The summed E-state index contributed by atoms with van der Waals surface area (Å²) >= 11 is 8.47. The maximum absolute atomic E-state index is 6.72. The van der Waals surface area contributed by atoms with Crippen LogP contribution >= 0.6 is 22.9 Å². The van der Waals surface area contributed by atoms with Crippen molar-refractivity contribution in [1.29, 1.82) is 0 Å². The number of ether oxygens (including phenoxy) is 1. The Kier molecular flexibility index (Phi) is 3.03. The van der Waals surface area contributed by atoms with Crippen LogP contribution in [0.1, 0.15) is 27.6 Å².